The van der Waals surface area contributed by atoms with Crippen LogP contribution in [-0.4, -0.2) is 69.2 Å². The Hall–Kier alpha value is -1.34. The molecule has 1 aliphatic heterocycles. The number of methoxy groups -OCH3 is 1. The lowest BCUT2D eigenvalue weighted by Gasteiger charge is -2.38. The van der Waals surface area contributed by atoms with Gasteiger partial charge in [0.25, 0.3) is 0 Å². The van der Waals surface area contributed by atoms with Gasteiger partial charge in [-0.2, -0.15) is 0 Å². The number of hydrogen-bond acceptors (Lipinski definition) is 6. The Kier molecular flexibility index (Phi) is 8.15. The number of nitrogens with one attached hydrogen (secondary N) is 1. The van der Waals surface area contributed by atoms with E-state index in [-0.39, 0.29) is 12.0 Å². The molecule has 1 aromatic rings. The van der Waals surface area contributed by atoms with Gasteiger partial charge < -0.3 is 29.5 Å². The van der Waals surface area contributed by atoms with Gasteiger partial charge in [0.15, 0.2) is 11.5 Å². The van der Waals surface area contributed by atoms with E-state index >= 15 is 0 Å². The topological polar surface area (TPSA) is 63.2 Å². The largest absolute Gasteiger partial charge is 0.493 e. The number of aliphatic hydroxyl groups is 1. The Morgan fingerprint density at radius 2 is 2.00 bits per heavy atom. The third-order valence-electron chi connectivity index (χ3n) is 4.80. The molecule has 0 aliphatic carbocycles. The molecule has 0 spiro atoms. The molecule has 0 radical (unpaired) electrons. The summed E-state index contributed by atoms with van der Waals surface area (Å²) in [5.74, 6) is 1.35. The molecule has 148 valence electrons. The molecule has 1 heterocycles. The van der Waals surface area contributed by atoms with Crippen LogP contribution in [-0.2, 0) is 11.3 Å². The van der Waals surface area contributed by atoms with E-state index in [1.807, 2.05) is 18.2 Å². The summed E-state index contributed by atoms with van der Waals surface area (Å²) in [5, 5.41) is 13.6. The Labute approximate surface area is 157 Å². The molecule has 26 heavy (non-hydrogen) atoms. The summed E-state index contributed by atoms with van der Waals surface area (Å²) >= 11 is 0. The van der Waals surface area contributed by atoms with Crippen molar-refractivity contribution in [3.05, 3.63) is 23.8 Å². The molecule has 0 amide bonds. The molecule has 6 nitrogen and oxygen atoms in total. The van der Waals surface area contributed by atoms with Crippen LogP contribution in [0.15, 0.2) is 18.2 Å². The first-order valence-corrected chi connectivity index (χ1v) is 9.48. The van der Waals surface area contributed by atoms with Crippen molar-refractivity contribution >= 4 is 0 Å². The van der Waals surface area contributed by atoms with Crippen LogP contribution in [0.4, 0.5) is 0 Å². The minimum atomic E-state index is -0.522. The second kappa shape index (κ2) is 10.1. The van der Waals surface area contributed by atoms with Crippen molar-refractivity contribution in [2.45, 2.75) is 33.4 Å². The lowest BCUT2D eigenvalue weighted by molar-refractivity contribution is -0.0991. The highest BCUT2D eigenvalue weighted by Gasteiger charge is 2.32. The molecule has 2 N–H and O–H groups in total. The van der Waals surface area contributed by atoms with Gasteiger partial charge in [0.1, 0.15) is 12.7 Å². The first-order chi connectivity index (χ1) is 12.5. The van der Waals surface area contributed by atoms with Crippen molar-refractivity contribution in [1.29, 1.82) is 0 Å². The van der Waals surface area contributed by atoms with E-state index < -0.39 is 6.10 Å². The van der Waals surface area contributed by atoms with Gasteiger partial charge in [-0.25, -0.2) is 0 Å². The fourth-order valence-electron chi connectivity index (χ4n) is 3.02. The predicted molar refractivity (Wildman–Crippen MR) is 103 cm³/mol. The van der Waals surface area contributed by atoms with E-state index in [0.29, 0.717) is 18.0 Å². The molecule has 1 unspecified atom stereocenters. The number of aliphatic hydroxyl groups excluding tert-OH is 1. The second-order valence-corrected chi connectivity index (χ2v) is 7.34. The molecule has 1 aromatic carbocycles. The molecule has 1 fully saturated rings. The van der Waals surface area contributed by atoms with Crippen LogP contribution in [0.3, 0.4) is 0 Å². The molecule has 6 heteroatoms. The van der Waals surface area contributed by atoms with Gasteiger partial charge in [0.2, 0.25) is 0 Å². The van der Waals surface area contributed by atoms with Crippen molar-refractivity contribution in [3.8, 4) is 11.5 Å². The van der Waals surface area contributed by atoms with Crippen LogP contribution >= 0.6 is 0 Å². The van der Waals surface area contributed by atoms with Crippen molar-refractivity contribution in [2.24, 2.45) is 5.41 Å². The average Bonchev–Trinajstić information content (AvgIpc) is 2.63. The van der Waals surface area contributed by atoms with Gasteiger partial charge in [-0.1, -0.05) is 26.8 Å². The second-order valence-electron chi connectivity index (χ2n) is 7.34. The van der Waals surface area contributed by atoms with E-state index in [4.69, 9.17) is 14.2 Å². The predicted octanol–water partition coefficient (Wildman–Crippen LogP) is 1.90. The van der Waals surface area contributed by atoms with Crippen LogP contribution in [0.5, 0.6) is 11.5 Å². The Balaban J connectivity index is 1.83. The van der Waals surface area contributed by atoms with Gasteiger partial charge in [-0.15, -0.1) is 0 Å². The molecular formula is C20H34N2O4. The van der Waals surface area contributed by atoms with Crippen LogP contribution in [0, 0.1) is 5.41 Å². The number of benzene rings is 1. The van der Waals surface area contributed by atoms with E-state index in [1.165, 1.54) is 0 Å². The SMILES string of the molecule is CCN(CC)CC(O)COc1ccc(CNCC2(C)COC2)cc1OC. The monoisotopic (exact) mass is 366 g/mol. The molecule has 2 rings (SSSR count). The third-order valence-corrected chi connectivity index (χ3v) is 4.80. The highest BCUT2D eigenvalue weighted by atomic mass is 16.5. The Bertz CT molecular complexity index is 545. The summed E-state index contributed by atoms with van der Waals surface area (Å²) in [4.78, 5) is 2.17. The summed E-state index contributed by atoms with van der Waals surface area (Å²) in [6.07, 6.45) is -0.522. The van der Waals surface area contributed by atoms with E-state index in [2.05, 4.69) is 31.0 Å². The van der Waals surface area contributed by atoms with Gasteiger partial charge in [-0.05, 0) is 30.8 Å². The smallest absolute Gasteiger partial charge is 0.161 e. The summed E-state index contributed by atoms with van der Waals surface area (Å²) in [6.45, 7) is 12.5. The number of rotatable bonds is 12. The van der Waals surface area contributed by atoms with Crippen LogP contribution < -0.4 is 14.8 Å². The highest BCUT2D eigenvalue weighted by molar-refractivity contribution is 5.43. The van der Waals surface area contributed by atoms with Gasteiger partial charge >= 0.3 is 0 Å². The van der Waals surface area contributed by atoms with Gasteiger partial charge in [0.05, 0.1) is 20.3 Å². The van der Waals surface area contributed by atoms with Crippen LogP contribution in [0.1, 0.15) is 26.3 Å². The standard InChI is InChI=1S/C20H34N2O4/c1-5-22(6-2)11-17(23)12-26-18-8-7-16(9-19(18)24-4)10-21-13-20(3)14-25-15-20/h7-9,17,21,23H,5-6,10-15H2,1-4H3. The summed E-state index contributed by atoms with van der Waals surface area (Å²) in [7, 11) is 1.64. The minimum Gasteiger partial charge on any atom is -0.493 e. The zero-order valence-corrected chi connectivity index (χ0v) is 16.6. The van der Waals surface area contributed by atoms with Gasteiger partial charge in [0, 0.05) is 25.0 Å². The molecule has 1 atom stereocenters. The lowest BCUT2D eigenvalue weighted by Crippen LogP contribution is -2.47. The maximum Gasteiger partial charge on any atom is 0.161 e. The summed E-state index contributed by atoms with van der Waals surface area (Å²) in [5.41, 5.74) is 1.40. The maximum atomic E-state index is 10.2. The Morgan fingerprint density at radius 3 is 2.58 bits per heavy atom. The normalized spacial score (nSPS) is 17.0. The van der Waals surface area contributed by atoms with Crippen molar-refractivity contribution in [2.75, 3.05) is 53.1 Å². The zero-order valence-electron chi connectivity index (χ0n) is 16.6. The molecule has 1 aliphatic rings. The van der Waals surface area contributed by atoms with Gasteiger partial charge in [-0.3, -0.25) is 0 Å². The molecule has 0 bridgehead atoms. The molecule has 1 saturated heterocycles. The summed E-state index contributed by atoms with van der Waals surface area (Å²) < 4.78 is 16.5. The number of nitrogens with zero attached hydrogens (tertiary/aromatic N) is 1. The number of hydrogen-bond donors (Lipinski definition) is 2. The minimum absolute atomic E-state index is 0.253. The molecule has 0 aromatic heterocycles. The van der Waals surface area contributed by atoms with Crippen molar-refractivity contribution < 1.29 is 19.3 Å². The Morgan fingerprint density at radius 1 is 1.27 bits per heavy atom. The van der Waals surface area contributed by atoms with E-state index in [0.717, 1.165) is 45.0 Å². The molecule has 0 saturated carbocycles. The first kappa shape index (κ1) is 21.0. The maximum absolute atomic E-state index is 10.2. The fourth-order valence-corrected chi connectivity index (χ4v) is 3.02. The highest BCUT2D eigenvalue weighted by Crippen LogP contribution is 2.29. The summed E-state index contributed by atoms with van der Waals surface area (Å²) in [6, 6.07) is 5.92. The average molecular weight is 367 g/mol. The zero-order chi connectivity index (χ0) is 19.0. The van der Waals surface area contributed by atoms with Crippen molar-refractivity contribution in [3.63, 3.8) is 0 Å². The first-order valence-electron chi connectivity index (χ1n) is 9.48. The van der Waals surface area contributed by atoms with Crippen LogP contribution in [0.2, 0.25) is 0 Å². The molecular weight excluding hydrogens is 332 g/mol. The van der Waals surface area contributed by atoms with Crippen molar-refractivity contribution in [1.82, 2.24) is 10.2 Å². The third kappa shape index (κ3) is 6.13. The van der Waals surface area contributed by atoms with E-state index in [1.54, 1.807) is 7.11 Å². The quantitative estimate of drug-likeness (QED) is 0.589. The fraction of sp³-hybridized carbons (Fsp3) is 0.700. The van der Waals surface area contributed by atoms with E-state index in [9.17, 15) is 5.11 Å². The van der Waals surface area contributed by atoms with Crippen LogP contribution in [0.25, 0.3) is 0 Å². The number of ether oxygens (including phenoxy) is 3. The number of likely N-dealkylation sites (N-methyl/N-ethyl adjacent to an activating group) is 1. The lowest BCUT2D eigenvalue weighted by atomic mass is 9.89.